The van der Waals surface area contributed by atoms with E-state index in [1.54, 1.807) is 34.4 Å². The lowest BCUT2D eigenvalue weighted by Crippen LogP contribution is -2.64. The van der Waals surface area contributed by atoms with E-state index in [0.29, 0.717) is 17.8 Å². The molecule has 1 fully saturated rings. The van der Waals surface area contributed by atoms with Crippen molar-refractivity contribution < 1.29 is 14.0 Å². The van der Waals surface area contributed by atoms with Crippen LogP contribution in [0.25, 0.3) is 10.2 Å². The number of nitrogens with one attached hydrogen (secondary N) is 1. The van der Waals surface area contributed by atoms with E-state index in [0.717, 1.165) is 42.3 Å². The summed E-state index contributed by atoms with van der Waals surface area (Å²) < 4.78 is 17.6. The lowest BCUT2D eigenvalue weighted by molar-refractivity contribution is -0.134. The van der Waals surface area contributed by atoms with Crippen LogP contribution >= 0.6 is 11.3 Å². The molecular formula is C26H30FN3O2S. The Morgan fingerprint density at radius 3 is 2.70 bits per heavy atom. The lowest BCUT2D eigenvalue weighted by Gasteiger charge is -2.45. The molecule has 2 aromatic heterocycles. The van der Waals surface area contributed by atoms with E-state index >= 15 is 0 Å². The number of halogens is 1. The highest BCUT2D eigenvalue weighted by atomic mass is 32.1. The molecule has 3 aromatic rings. The SMILES string of the molecule is CCc1cc2c(cc3n2CC(C)(C(=O)NC2CCCCC2)N(Cc2ccccc2F)C3=O)s1. The summed E-state index contributed by atoms with van der Waals surface area (Å²) >= 11 is 1.69. The number of benzene rings is 1. The van der Waals surface area contributed by atoms with Gasteiger partial charge in [-0.05, 0) is 44.4 Å². The molecule has 7 heteroatoms. The number of carbonyl (C=O) groups excluding carboxylic acids is 2. The first-order valence-corrected chi connectivity index (χ1v) is 12.7. The molecule has 1 N–H and O–H groups in total. The minimum atomic E-state index is -1.12. The first-order valence-electron chi connectivity index (χ1n) is 11.9. The van der Waals surface area contributed by atoms with Gasteiger partial charge in [0.2, 0.25) is 5.91 Å². The Balaban J connectivity index is 1.55. The molecule has 0 bridgehead atoms. The van der Waals surface area contributed by atoms with Gasteiger partial charge < -0.3 is 14.8 Å². The molecule has 1 aliphatic carbocycles. The number of fused-ring (bicyclic) bond motifs is 3. The normalized spacial score (nSPS) is 21.4. The maximum Gasteiger partial charge on any atom is 0.271 e. The van der Waals surface area contributed by atoms with E-state index in [1.807, 2.05) is 17.6 Å². The van der Waals surface area contributed by atoms with Gasteiger partial charge >= 0.3 is 0 Å². The summed E-state index contributed by atoms with van der Waals surface area (Å²) in [6.07, 6.45) is 6.28. The molecule has 1 aliphatic heterocycles. The van der Waals surface area contributed by atoms with Crippen molar-refractivity contribution in [3.8, 4) is 0 Å². The summed E-state index contributed by atoms with van der Waals surface area (Å²) in [5.41, 5.74) is 0.864. The third-order valence-corrected chi connectivity index (χ3v) is 8.45. The second-order valence-electron chi connectivity index (χ2n) is 9.50. The van der Waals surface area contributed by atoms with E-state index in [-0.39, 0.29) is 30.2 Å². The lowest BCUT2D eigenvalue weighted by atomic mass is 9.91. The number of nitrogens with zero attached hydrogens (tertiary/aromatic N) is 2. The molecule has 1 atom stereocenters. The second-order valence-corrected chi connectivity index (χ2v) is 10.7. The highest BCUT2D eigenvalue weighted by Crippen LogP contribution is 2.37. The van der Waals surface area contributed by atoms with Gasteiger partial charge in [-0.3, -0.25) is 9.59 Å². The first kappa shape index (κ1) is 22.1. The van der Waals surface area contributed by atoms with Gasteiger partial charge in [-0.2, -0.15) is 0 Å². The first-order chi connectivity index (χ1) is 15.9. The molecule has 0 spiro atoms. The van der Waals surface area contributed by atoms with Crippen LogP contribution in [0.1, 0.15) is 66.9 Å². The van der Waals surface area contributed by atoms with Crippen molar-refractivity contribution >= 4 is 33.4 Å². The molecule has 1 aromatic carbocycles. The van der Waals surface area contributed by atoms with Gasteiger partial charge in [0.25, 0.3) is 5.91 Å². The topological polar surface area (TPSA) is 54.3 Å². The minimum Gasteiger partial charge on any atom is -0.351 e. The van der Waals surface area contributed by atoms with E-state index in [4.69, 9.17) is 0 Å². The van der Waals surface area contributed by atoms with E-state index in [1.165, 1.54) is 17.4 Å². The molecule has 0 radical (unpaired) electrons. The van der Waals surface area contributed by atoms with Crippen LogP contribution in [0.5, 0.6) is 0 Å². The number of hydrogen-bond acceptors (Lipinski definition) is 3. The summed E-state index contributed by atoms with van der Waals surface area (Å²) in [7, 11) is 0. The molecule has 5 rings (SSSR count). The van der Waals surface area contributed by atoms with Crippen LogP contribution in [-0.4, -0.2) is 32.9 Å². The van der Waals surface area contributed by atoms with Gasteiger partial charge in [-0.1, -0.05) is 44.4 Å². The Hall–Kier alpha value is -2.67. The van der Waals surface area contributed by atoms with Crippen molar-refractivity contribution in [2.45, 2.75) is 77.0 Å². The number of aromatic nitrogens is 1. The number of amides is 2. The van der Waals surface area contributed by atoms with Crippen molar-refractivity contribution in [3.63, 3.8) is 0 Å². The third kappa shape index (κ3) is 3.86. The fourth-order valence-electron chi connectivity index (χ4n) is 5.20. The molecule has 174 valence electrons. The smallest absolute Gasteiger partial charge is 0.271 e. The zero-order valence-corrected chi connectivity index (χ0v) is 20.0. The van der Waals surface area contributed by atoms with E-state index < -0.39 is 5.54 Å². The zero-order valence-electron chi connectivity index (χ0n) is 19.2. The predicted octanol–water partition coefficient (Wildman–Crippen LogP) is 5.27. The Morgan fingerprint density at radius 2 is 1.97 bits per heavy atom. The zero-order chi connectivity index (χ0) is 23.2. The molecule has 5 nitrogen and oxygen atoms in total. The summed E-state index contributed by atoms with van der Waals surface area (Å²) in [5.74, 6) is -0.750. The van der Waals surface area contributed by atoms with Gasteiger partial charge in [-0.25, -0.2) is 4.39 Å². The second kappa shape index (κ2) is 8.60. The van der Waals surface area contributed by atoms with Crippen LogP contribution in [0.15, 0.2) is 36.4 Å². The van der Waals surface area contributed by atoms with Crippen molar-refractivity contribution in [1.82, 2.24) is 14.8 Å². The number of rotatable bonds is 5. The predicted molar refractivity (Wildman–Crippen MR) is 129 cm³/mol. The largest absolute Gasteiger partial charge is 0.351 e. The van der Waals surface area contributed by atoms with Crippen LogP contribution in [0, 0.1) is 5.82 Å². The van der Waals surface area contributed by atoms with E-state index in [2.05, 4.69) is 18.3 Å². The van der Waals surface area contributed by atoms with Gasteiger partial charge in [0.1, 0.15) is 17.1 Å². The average molecular weight is 468 g/mol. The number of carbonyl (C=O) groups is 2. The number of aryl methyl sites for hydroxylation is 1. The van der Waals surface area contributed by atoms with Crippen molar-refractivity contribution in [1.29, 1.82) is 0 Å². The van der Waals surface area contributed by atoms with Crippen molar-refractivity contribution in [2.24, 2.45) is 0 Å². The highest BCUT2D eigenvalue weighted by Gasteiger charge is 2.48. The molecule has 3 heterocycles. The molecule has 1 unspecified atom stereocenters. The van der Waals surface area contributed by atoms with Gasteiger partial charge in [0, 0.05) is 16.5 Å². The Morgan fingerprint density at radius 1 is 1.21 bits per heavy atom. The van der Waals surface area contributed by atoms with Crippen LogP contribution < -0.4 is 5.32 Å². The molecular weight excluding hydrogens is 437 g/mol. The number of thiophene rings is 1. The monoisotopic (exact) mass is 467 g/mol. The quantitative estimate of drug-likeness (QED) is 0.556. The Kier molecular flexibility index (Phi) is 5.77. The highest BCUT2D eigenvalue weighted by molar-refractivity contribution is 7.19. The van der Waals surface area contributed by atoms with Crippen LogP contribution in [-0.2, 0) is 24.3 Å². The molecule has 1 saturated carbocycles. The van der Waals surface area contributed by atoms with Crippen LogP contribution in [0.2, 0.25) is 0 Å². The summed E-state index contributed by atoms with van der Waals surface area (Å²) in [5, 5.41) is 3.23. The Bertz CT molecular complexity index is 1210. The summed E-state index contributed by atoms with van der Waals surface area (Å²) in [6, 6.07) is 10.7. The van der Waals surface area contributed by atoms with Crippen LogP contribution in [0.3, 0.4) is 0 Å². The molecule has 2 aliphatic rings. The third-order valence-electron chi connectivity index (χ3n) is 7.23. The van der Waals surface area contributed by atoms with Gasteiger partial charge in [-0.15, -0.1) is 11.3 Å². The summed E-state index contributed by atoms with van der Waals surface area (Å²) in [6.45, 7) is 4.35. The van der Waals surface area contributed by atoms with Crippen molar-refractivity contribution in [2.75, 3.05) is 0 Å². The van der Waals surface area contributed by atoms with Gasteiger partial charge in [0.15, 0.2) is 0 Å². The maximum atomic E-state index is 14.6. The van der Waals surface area contributed by atoms with E-state index in [9.17, 15) is 14.0 Å². The van der Waals surface area contributed by atoms with Gasteiger partial charge in [0.05, 0.1) is 23.3 Å². The fourth-order valence-corrected chi connectivity index (χ4v) is 6.24. The van der Waals surface area contributed by atoms with Crippen molar-refractivity contribution in [3.05, 3.63) is 58.3 Å². The number of hydrogen-bond donors (Lipinski definition) is 1. The fraction of sp³-hybridized carbons (Fsp3) is 0.462. The standard InChI is InChI=1S/C26H30FN3O2S/c1-3-19-13-21-23(33-19)14-22-24(31)30(15-17-9-7-8-12-20(17)27)26(2,16-29(21)22)25(32)28-18-10-5-4-6-11-18/h7-9,12-14,18H,3-6,10-11,15-16H2,1-2H3,(H,28,32). The summed E-state index contributed by atoms with van der Waals surface area (Å²) in [4.78, 5) is 30.3. The average Bonchev–Trinajstić information content (AvgIpc) is 3.37. The maximum absolute atomic E-state index is 14.6. The molecule has 0 saturated heterocycles. The van der Waals surface area contributed by atoms with Crippen LogP contribution in [0.4, 0.5) is 4.39 Å². The Labute approximate surface area is 197 Å². The molecule has 33 heavy (non-hydrogen) atoms. The minimum absolute atomic E-state index is 0.0547. The molecule has 2 amide bonds.